The van der Waals surface area contributed by atoms with E-state index in [9.17, 15) is 4.79 Å². The van der Waals surface area contributed by atoms with E-state index in [4.69, 9.17) is 0 Å². The third kappa shape index (κ3) is 2.21. The Balaban J connectivity index is 1.97. The van der Waals surface area contributed by atoms with Crippen LogP contribution in [0.3, 0.4) is 0 Å². The molecule has 0 bridgehead atoms. The van der Waals surface area contributed by atoms with E-state index in [2.05, 4.69) is 30.4 Å². The fourth-order valence-electron chi connectivity index (χ4n) is 3.10. The molecule has 2 nitrogen and oxygen atoms in total. The number of Topliss-reactive ketones (excluding diaryl/α,β-unsaturated/α-hetero) is 1. The van der Waals surface area contributed by atoms with Gasteiger partial charge in [-0.15, -0.1) is 11.3 Å². The molecule has 0 spiro atoms. The molecule has 2 aromatic rings. The van der Waals surface area contributed by atoms with Gasteiger partial charge < -0.3 is 5.32 Å². The summed E-state index contributed by atoms with van der Waals surface area (Å²) in [6.45, 7) is 3.98. The normalized spacial score (nSPS) is 23.0. The van der Waals surface area contributed by atoms with Gasteiger partial charge in [-0.1, -0.05) is 31.5 Å². The highest BCUT2D eigenvalue weighted by Crippen LogP contribution is 2.38. The fraction of sp³-hybridized carbons (Fsp3) is 0.438. The minimum absolute atomic E-state index is 0.157. The lowest BCUT2D eigenvalue weighted by molar-refractivity contribution is 0.0806. The molecule has 0 aliphatic carbocycles. The van der Waals surface area contributed by atoms with Crippen LogP contribution < -0.4 is 5.32 Å². The first kappa shape index (κ1) is 12.8. The van der Waals surface area contributed by atoms with E-state index in [0.29, 0.717) is 5.78 Å². The Kier molecular flexibility index (Phi) is 3.42. The second kappa shape index (κ2) is 5.06. The quantitative estimate of drug-likeness (QED) is 0.857. The first-order valence-corrected chi connectivity index (χ1v) is 7.81. The van der Waals surface area contributed by atoms with Gasteiger partial charge in [0.25, 0.3) is 0 Å². The molecule has 3 heteroatoms. The van der Waals surface area contributed by atoms with Crippen LogP contribution in [-0.2, 0) is 0 Å². The zero-order valence-corrected chi connectivity index (χ0v) is 12.1. The molecule has 2 heterocycles. The molecule has 1 N–H and O–H groups in total. The summed E-state index contributed by atoms with van der Waals surface area (Å²) in [5, 5.41) is 4.55. The van der Waals surface area contributed by atoms with Gasteiger partial charge in [-0.2, -0.15) is 0 Å². The molecule has 1 aliphatic rings. The maximum absolute atomic E-state index is 12.9. The third-order valence-corrected chi connectivity index (χ3v) is 5.22. The Morgan fingerprint density at radius 3 is 2.95 bits per heavy atom. The van der Waals surface area contributed by atoms with Crippen LogP contribution in [0.4, 0.5) is 0 Å². The number of rotatable bonds is 4. The lowest BCUT2D eigenvalue weighted by Crippen LogP contribution is -2.33. The number of carbonyl (C=O) groups excluding carboxylic acids is 1. The van der Waals surface area contributed by atoms with Crippen molar-refractivity contribution in [2.75, 3.05) is 13.1 Å². The van der Waals surface area contributed by atoms with Crippen molar-refractivity contribution in [2.24, 2.45) is 5.41 Å². The number of thiophene rings is 1. The topological polar surface area (TPSA) is 29.1 Å². The predicted octanol–water partition coefficient (Wildman–Crippen LogP) is 3.86. The van der Waals surface area contributed by atoms with E-state index in [1.807, 2.05) is 12.1 Å². The molecule has 0 saturated carbocycles. The Morgan fingerprint density at radius 2 is 2.26 bits per heavy atom. The van der Waals surface area contributed by atoms with Crippen LogP contribution in [0.25, 0.3) is 10.1 Å². The monoisotopic (exact) mass is 273 g/mol. The molecule has 1 atom stereocenters. The maximum atomic E-state index is 12.9. The predicted molar refractivity (Wildman–Crippen MR) is 81.0 cm³/mol. The first-order valence-electron chi connectivity index (χ1n) is 6.99. The second-order valence-corrected chi connectivity index (χ2v) is 6.52. The zero-order chi connectivity index (χ0) is 13.3. The minimum Gasteiger partial charge on any atom is -0.316 e. The second-order valence-electron chi connectivity index (χ2n) is 5.43. The van der Waals surface area contributed by atoms with Crippen molar-refractivity contribution in [1.29, 1.82) is 0 Å². The highest BCUT2D eigenvalue weighted by molar-refractivity contribution is 7.20. The molecule has 0 unspecified atom stereocenters. The molecule has 1 aromatic carbocycles. The number of nitrogens with one attached hydrogen (secondary N) is 1. The standard InChI is InChI=1S/C16H19NOS/c1-2-7-16(8-9-17-11-16)15(18)14-10-12-5-3-4-6-13(12)19-14/h3-6,10,17H,2,7-9,11H2,1H3/t16-/m0/s1. The van der Waals surface area contributed by atoms with Gasteiger partial charge >= 0.3 is 0 Å². The molecule has 100 valence electrons. The molecule has 0 radical (unpaired) electrons. The van der Waals surface area contributed by atoms with Crippen molar-refractivity contribution in [2.45, 2.75) is 26.2 Å². The van der Waals surface area contributed by atoms with E-state index in [1.165, 1.54) is 10.1 Å². The van der Waals surface area contributed by atoms with E-state index in [-0.39, 0.29) is 5.41 Å². The number of benzene rings is 1. The van der Waals surface area contributed by atoms with Crippen LogP contribution in [0.15, 0.2) is 30.3 Å². The Morgan fingerprint density at radius 1 is 1.42 bits per heavy atom. The largest absolute Gasteiger partial charge is 0.316 e. The zero-order valence-electron chi connectivity index (χ0n) is 11.2. The van der Waals surface area contributed by atoms with Gasteiger partial charge in [0.2, 0.25) is 0 Å². The highest BCUT2D eigenvalue weighted by Gasteiger charge is 2.41. The summed E-state index contributed by atoms with van der Waals surface area (Å²) in [5.41, 5.74) is -0.157. The van der Waals surface area contributed by atoms with Crippen molar-refractivity contribution in [3.8, 4) is 0 Å². The van der Waals surface area contributed by atoms with Crippen molar-refractivity contribution in [3.05, 3.63) is 35.2 Å². The molecule has 19 heavy (non-hydrogen) atoms. The first-order chi connectivity index (χ1) is 9.25. The van der Waals surface area contributed by atoms with E-state index < -0.39 is 0 Å². The van der Waals surface area contributed by atoms with Gasteiger partial charge in [0.1, 0.15) is 0 Å². The summed E-state index contributed by atoms with van der Waals surface area (Å²) < 4.78 is 1.21. The molecule has 1 aliphatic heterocycles. The number of ketones is 1. The van der Waals surface area contributed by atoms with Crippen LogP contribution >= 0.6 is 11.3 Å². The minimum atomic E-state index is -0.157. The molecule has 0 amide bonds. The molecule has 1 saturated heterocycles. The molecular weight excluding hydrogens is 254 g/mol. The number of fused-ring (bicyclic) bond motifs is 1. The van der Waals surface area contributed by atoms with Crippen LogP contribution in [-0.4, -0.2) is 18.9 Å². The van der Waals surface area contributed by atoms with E-state index in [1.54, 1.807) is 11.3 Å². The van der Waals surface area contributed by atoms with Gasteiger partial charge in [0, 0.05) is 16.7 Å². The summed E-state index contributed by atoms with van der Waals surface area (Å²) in [6, 6.07) is 10.3. The maximum Gasteiger partial charge on any atom is 0.180 e. The van der Waals surface area contributed by atoms with Crippen molar-refractivity contribution >= 4 is 27.2 Å². The Labute approximate surface area is 117 Å². The molecular formula is C16H19NOS. The van der Waals surface area contributed by atoms with E-state index in [0.717, 1.165) is 37.2 Å². The average Bonchev–Trinajstić information content (AvgIpc) is 3.04. The Hall–Kier alpha value is -1.19. The van der Waals surface area contributed by atoms with Crippen molar-refractivity contribution < 1.29 is 4.79 Å². The number of hydrogen-bond donors (Lipinski definition) is 1. The van der Waals surface area contributed by atoms with Crippen LogP contribution in [0, 0.1) is 5.41 Å². The lowest BCUT2D eigenvalue weighted by atomic mass is 9.78. The Bertz CT molecular complexity index is 563. The third-order valence-electron chi connectivity index (χ3n) is 4.10. The summed E-state index contributed by atoms with van der Waals surface area (Å²) in [7, 11) is 0. The lowest BCUT2D eigenvalue weighted by Gasteiger charge is -2.25. The summed E-state index contributed by atoms with van der Waals surface area (Å²) in [6.07, 6.45) is 3.04. The van der Waals surface area contributed by atoms with Crippen LogP contribution in [0.2, 0.25) is 0 Å². The summed E-state index contributed by atoms with van der Waals surface area (Å²) in [4.78, 5) is 13.8. The van der Waals surface area contributed by atoms with Gasteiger partial charge in [0.15, 0.2) is 5.78 Å². The van der Waals surface area contributed by atoms with Gasteiger partial charge in [-0.3, -0.25) is 4.79 Å². The fourth-order valence-corrected chi connectivity index (χ4v) is 4.22. The van der Waals surface area contributed by atoms with Gasteiger partial charge in [-0.05, 0) is 36.9 Å². The van der Waals surface area contributed by atoms with Crippen LogP contribution in [0.5, 0.6) is 0 Å². The van der Waals surface area contributed by atoms with E-state index >= 15 is 0 Å². The molecule has 1 aromatic heterocycles. The van der Waals surface area contributed by atoms with Gasteiger partial charge in [-0.25, -0.2) is 0 Å². The van der Waals surface area contributed by atoms with Crippen molar-refractivity contribution in [3.63, 3.8) is 0 Å². The summed E-state index contributed by atoms with van der Waals surface area (Å²) in [5.74, 6) is 0.348. The molecule has 3 rings (SSSR count). The molecule has 1 fully saturated rings. The van der Waals surface area contributed by atoms with Crippen LogP contribution in [0.1, 0.15) is 35.9 Å². The summed E-state index contributed by atoms with van der Waals surface area (Å²) >= 11 is 1.64. The smallest absolute Gasteiger partial charge is 0.180 e. The SMILES string of the molecule is CCC[C@]1(C(=O)c2cc3ccccc3s2)CCNC1. The van der Waals surface area contributed by atoms with Crippen molar-refractivity contribution in [1.82, 2.24) is 5.32 Å². The number of carbonyl (C=O) groups is 1. The average molecular weight is 273 g/mol. The van der Waals surface area contributed by atoms with Gasteiger partial charge in [0.05, 0.1) is 4.88 Å². The number of hydrogen-bond acceptors (Lipinski definition) is 3. The highest BCUT2D eigenvalue weighted by atomic mass is 32.1.